The Labute approximate surface area is 102 Å². The largest absolute Gasteiger partial charge is 0.473 e. The van der Waals surface area contributed by atoms with Crippen LogP contribution in [0.4, 0.5) is 5.82 Å². The molecule has 0 saturated heterocycles. The van der Waals surface area contributed by atoms with Crippen LogP contribution in [0.2, 0.25) is 0 Å². The first-order valence-corrected chi connectivity index (χ1v) is 5.67. The molecular weight excluding hydrogens is 218 g/mol. The topological polar surface area (TPSA) is 56.3 Å². The van der Waals surface area contributed by atoms with Crippen molar-refractivity contribution in [3.05, 3.63) is 24.0 Å². The van der Waals surface area contributed by atoms with Gasteiger partial charge in [-0.2, -0.15) is 4.98 Å². The second kappa shape index (κ2) is 7.62. The molecule has 5 heteroatoms. The molecule has 1 N–H and O–H groups in total. The van der Waals surface area contributed by atoms with Gasteiger partial charge in [-0.05, 0) is 13.8 Å². The van der Waals surface area contributed by atoms with Crippen LogP contribution in [0.5, 0.6) is 5.88 Å². The third-order valence-corrected chi connectivity index (χ3v) is 2.00. The highest BCUT2D eigenvalue weighted by molar-refractivity contribution is 5.37. The molecule has 1 rings (SSSR count). The Kier molecular flexibility index (Phi) is 6.03. The van der Waals surface area contributed by atoms with Crippen molar-refractivity contribution in [1.82, 2.24) is 9.97 Å². The van der Waals surface area contributed by atoms with E-state index in [1.807, 2.05) is 33.0 Å². The average Bonchev–Trinajstić information content (AvgIpc) is 2.36. The van der Waals surface area contributed by atoms with Gasteiger partial charge in [-0.25, -0.2) is 4.98 Å². The first-order chi connectivity index (χ1) is 8.30. The van der Waals surface area contributed by atoms with E-state index in [9.17, 15) is 0 Å². The quantitative estimate of drug-likeness (QED) is 0.735. The van der Waals surface area contributed by atoms with E-state index in [1.165, 1.54) is 0 Å². The monoisotopic (exact) mass is 237 g/mol. The van der Waals surface area contributed by atoms with E-state index in [0.717, 1.165) is 5.82 Å². The Bertz CT molecular complexity index is 367. The number of nitrogens with one attached hydrogen (secondary N) is 1. The summed E-state index contributed by atoms with van der Waals surface area (Å²) < 4.78 is 10.8. The Morgan fingerprint density at radius 1 is 1.41 bits per heavy atom. The van der Waals surface area contributed by atoms with Gasteiger partial charge in [0.2, 0.25) is 5.88 Å². The average molecular weight is 237 g/mol. The molecule has 0 radical (unpaired) electrons. The van der Waals surface area contributed by atoms with Gasteiger partial charge in [-0.3, -0.25) is 0 Å². The molecule has 0 aliphatic rings. The lowest BCUT2D eigenvalue weighted by Gasteiger charge is -2.08. The van der Waals surface area contributed by atoms with Crippen LogP contribution < -0.4 is 10.1 Å². The Morgan fingerprint density at radius 2 is 2.24 bits per heavy atom. The van der Waals surface area contributed by atoms with E-state index in [2.05, 4.69) is 15.3 Å². The Morgan fingerprint density at radius 3 is 2.88 bits per heavy atom. The van der Waals surface area contributed by atoms with Crippen molar-refractivity contribution in [2.24, 2.45) is 0 Å². The molecule has 1 heterocycles. The van der Waals surface area contributed by atoms with Crippen LogP contribution in [0, 0.1) is 0 Å². The molecule has 0 atom stereocenters. The minimum Gasteiger partial charge on any atom is -0.473 e. The molecule has 0 bridgehead atoms. The number of hydrogen-bond donors (Lipinski definition) is 1. The maximum Gasteiger partial charge on any atom is 0.219 e. The fourth-order valence-electron chi connectivity index (χ4n) is 1.16. The van der Waals surface area contributed by atoms with Gasteiger partial charge in [0.1, 0.15) is 19.0 Å². The maximum absolute atomic E-state index is 5.48. The second-order valence-corrected chi connectivity index (χ2v) is 3.27. The minimum atomic E-state index is 0.395. The number of rotatable bonds is 7. The first-order valence-electron chi connectivity index (χ1n) is 5.67. The van der Waals surface area contributed by atoms with Gasteiger partial charge in [0.05, 0.1) is 0 Å². The zero-order chi connectivity index (χ0) is 12.5. The Hall–Kier alpha value is -1.62. The van der Waals surface area contributed by atoms with Crippen molar-refractivity contribution in [2.75, 3.05) is 25.6 Å². The van der Waals surface area contributed by atoms with Gasteiger partial charge < -0.3 is 14.8 Å². The van der Waals surface area contributed by atoms with E-state index in [0.29, 0.717) is 31.5 Å². The molecule has 0 unspecified atom stereocenters. The highest BCUT2D eigenvalue weighted by Crippen LogP contribution is 2.13. The van der Waals surface area contributed by atoms with Gasteiger partial charge in [0, 0.05) is 19.7 Å². The fourth-order valence-corrected chi connectivity index (χ4v) is 1.16. The summed E-state index contributed by atoms with van der Waals surface area (Å²) in [7, 11) is 1.81. The predicted octanol–water partition coefficient (Wildman–Crippen LogP) is 2.01. The van der Waals surface area contributed by atoms with Crippen LogP contribution in [-0.2, 0) is 11.3 Å². The zero-order valence-corrected chi connectivity index (χ0v) is 10.6. The number of allylic oxidation sites excluding steroid dienone is 1. The summed E-state index contributed by atoms with van der Waals surface area (Å²) in [6, 6.07) is 1.76. The van der Waals surface area contributed by atoms with Crippen LogP contribution in [0.1, 0.15) is 19.7 Å². The summed E-state index contributed by atoms with van der Waals surface area (Å²) >= 11 is 0. The Balaban J connectivity index is 2.73. The van der Waals surface area contributed by atoms with E-state index >= 15 is 0 Å². The molecular formula is C12H19N3O2. The van der Waals surface area contributed by atoms with Crippen LogP contribution >= 0.6 is 0 Å². The first kappa shape index (κ1) is 13.4. The zero-order valence-electron chi connectivity index (χ0n) is 10.6. The van der Waals surface area contributed by atoms with Crippen LogP contribution in [0.3, 0.4) is 0 Å². The minimum absolute atomic E-state index is 0.395. The number of nitrogens with zero attached hydrogens (tertiary/aromatic N) is 2. The lowest BCUT2D eigenvalue weighted by molar-refractivity contribution is 0.127. The van der Waals surface area contributed by atoms with Crippen molar-refractivity contribution in [3.63, 3.8) is 0 Å². The molecule has 0 spiro atoms. The third kappa shape index (κ3) is 4.82. The molecule has 0 saturated carbocycles. The summed E-state index contributed by atoms with van der Waals surface area (Å²) in [4.78, 5) is 8.53. The summed E-state index contributed by atoms with van der Waals surface area (Å²) in [6.07, 6.45) is 3.85. The molecule has 94 valence electrons. The number of ether oxygens (including phenoxy) is 2. The normalized spacial score (nSPS) is 10.8. The summed E-state index contributed by atoms with van der Waals surface area (Å²) in [5, 5.41) is 2.97. The van der Waals surface area contributed by atoms with Gasteiger partial charge >= 0.3 is 0 Å². The molecule has 5 nitrogen and oxygen atoms in total. The fraction of sp³-hybridized carbons (Fsp3) is 0.500. The lowest BCUT2D eigenvalue weighted by Crippen LogP contribution is -2.05. The van der Waals surface area contributed by atoms with Crippen molar-refractivity contribution in [3.8, 4) is 5.88 Å². The van der Waals surface area contributed by atoms with Gasteiger partial charge in [0.25, 0.3) is 0 Å². The summed E-state index contributed by atoms with van der Waals surface area (Å²) in [6.45, 7) is 5.42. The molecule has 0 aromatic carbocycles. The highest BCUT2D eigenvalue weighted by atomic mass is 16.5. The number of aromatic nitrogens is 2. The molecule has 0 amide bonds. The van der Waals surface area contributed by atoms with Crippen molar-refractivity contribution < 1.29 is 9.47 Å². The third-order valence-electron chi connectivity index (χ3n) is 2.00. The van der Waals surface area contributed by atoms with E-state index in [-0.39, 0.29) is 0 Å². The summed E-state index contributed by atoms with van der Waals surface area (Å²) in [5.41, 5.74) is 0. The van der Waals surface area contributed by atoms with Crippen molar-refractivity contribution in [2.45, 2.75) is 20.5 Å². The number of anilines is 1. The lowest BCUT2D eigenvalue weighted by atomic mass is 10.5. The van der Waals surface area contributed by atoms with Crippen LogP contribution in [0.15, 0.2) is 18.2 Å². The molecule has 17 heavy (non-hydrogen) atoms. The second-order valence-electron chi connectivity index (χ2n) is 3.27. The standard InChI is InChI=1S/C12H19N3O2/c1-4-6-7-17-12-8-10(13-3)14-11(15-12)9-16-5-2/h4,6,8H,5,7,9H2,1-3H3,(H,13,14,15)/b6-4+. The van der Waals surface area contributed by atoms with Gasteiger partial charge in [0.15, 0.2) is 5.82 Å². The highest BCUT2D eigenvalue weighted by Gasteiger charge is 2.04. The molecule has 0 aliphatic carbocycles. The SMILES string of the molecule is C/C=C/COc1cc(NC)nc(COCC)n1. The number of hydrogen-bond acceptors (Lipinski definition) is 5. The smallest absolute Gasteiger partial charge is 0.219 e. The molecule has 1 aromatic heterocycles. The van der Waals surface area contributed by atoms with Gasteiger partial charge in [-0.15, -0.1) is 0 Å². The maximum atomic E-state index is 5.48. The van der Waals surface area contributed by atoms with E-state index in [4.69, 9.17) is 9.47 Å². The van der Waals surface area contributed by atoms with Crippen LogP contribution in [0.25, 0.3) is 0 Å². The predicted molar refractivity (Wildman–Crippen MR) is 67.2 cm³/mol. The summed E-state index contributed by atoms with van der Waals surface area (Å²) in [5.74, 6) is 1.90. The van der Waals surface area contributed by atoms with Crippen molar-refractivity contribution >= 4 is 5.82 Å². The molecule has 1 aromatic rings. The molecule has 0 fully saturated rings. The van der Waals surface area contributed by atoms with E-state index < -0.39 is 0 Å². The molecule has 0 aliphatic heterocycles. The van der Waals surface area contributed by atoms with Gasteiger partial charge in [-0.1, -0.05) is 12.2 Å². The van der Waals surface area contributed by atoms with Crippen LogP contribution in [-0.4, -0.2) is 30.2 Å². The van der Waals surface area contributed by atoms with Crippen molar-refractivity contribution in [1.29, 1.82) is 0 Å². The van der Waals surface area contributed by atoms with E-state index in [1.54, 1.807) is 6.07 Å².